The monoisotopic (exact) mass is 272 g/mol. The number of hydrogen-bond acceptors (Lipinski definition) is 3. The van der Waals surface area contributed by atoms with Gasteiger partial charge in [0, 0.05) is 12.6 Å². The highest BCUT2D eigenvalue weighted by atomic mass is 32.2. The van der Waals surface area contributed by atoms with Gasteiger partial charge in [0.15, 0.2) is 0 Å². The summed E-state index contributed by atoms with van der Waals surface area (Å²) in [6.07, 6.45) is 1.75. The Hall–Kier alpha value is -0.980. The molecular formula is C12H17FN2O2S. The van der Waals surface area contributed by atoms with Crippen LogP contribution < -0.4 is 10.0 Å². The number of aryl methyl sites for hydroxylation is 1. The average Bonchev–Trinajstić information content (AvgIpc) is 2.33. The highest BCUT2D eigenvalue weighted by Crippen LogP contribution is 2.17. The molecule has 1 aromatic carbocycles. The quantitative estimate of drug-likeness (QED) is 0.868. The van der Waals surface area contributed by atoms with E-state index in [1.807, 2.05) is 0 Å². The smallest absolute Gasteiger partial charge is 0.241 e. The number of halogens is 1. The summed E-state index contributed by atoms with van der Waals surface area (Å²) in [6, 6.07) is 3.68. The van der Waals surface area contributed by atoms with Crippen LogP contribution in [0.25, 0.3) is 0 Å². The van der Waals surface area contributed by atoms with Gasteiger partial charge in [-0.15, -0.1) is 0 Å². The van der Waals surface area contributed by atoms with E-state index in [0.29, 0.717) is 12.1 Å². The molecule has 1 aromatic rings. The lowest BCUT2D eigenvalue weighted by Crippen LogP contribution is -2.45. The minimum atomic E-state index is -3.64. The van der Waals surface area contributed by atoms with Gasteiger partial charge in [-0.05, 0) is 44.0 Å². The van der Waals surface area contributed by atoms with Crippen molar-refractivity contribution in [3.8, 4) is 0 Å². The summed E-state index contributed by atoms with van der Waals surface area (Å²) in [7, 11) is -3.64. The summed E-state index contributed by atoms with van der Waals surface area (Å²) in [6.45, 7) is 3.19. The van der Waals surface area contributed by atoms with Crippen molar-refractivity contribution in [2.75, 3.05) is 13.1 Å². The second kappa shape index (κ2) is 5.34. The molecule has 0 amide bonds. The summed E-state index contributed by atoms with van der Waals surface area (Å²) in [5, 5.41) is 3.13. The van der Waals surface area contributed by atoms with Crippen molar-refractivity contribution in [2.45, 2.75) is 30.7 Å². The fourth-order valence-corrected chi connectivity index (χ4v) is 3.63. The van der Waals surface area contributed by atoms with Gasteiger partial charge in [0.1, 0.15) is 5.82 Å². The standard InChI is InChI=1S/C12H17FN2O2S/c1-9-4-5-10(13)7-12(9)18(16,17)15-11-3-2-6-14-8-11/h4-5,7,11,14-15H,2-3,6,8H2,1H3. The van der Waals surface area contributed by atoms with Gasteiger partial charge in [0.2, 0.25) is 10.0 Å². The third-order valence-electron chi connectivity index (χ3n) is 3.06. The number of piperidine rings is 1. The molecule has 0 saturated carbocycles. The van der Waals surface area contributed by atoms with Crippen LogP contribution in [0.2, 0.25) is 0 Å². The van der Waals surface area contributed by atoms with E-state index in [1.165, 1.54) is 12.1 Å². The van der Waals surface area contributed by atoms with E-state index in [4.69, 9.17) is 0 Å². The molecule has 0 aromatic heterocycles. The van der Waals surface area contributed by atoms with Crippen molar-refractivity contribution in [2.24, 2.45) is 0 Å². The lowest BCUT2D eigenvalue weighted by atomic mass is 10.1. The molecule has 1 atom stereocenters. The van der Waals surface area contributed by atoms with E-state index in [-0.39, 0.29) is 10.9 Å². The average molecular weight is 272 g/mol. The third kappa shape index (κ3) is 3.07. The molecule has 1 aliphatic rings. The van der Waals surface area contributed by atoms with Crippen LogP contribution in [-0.2, 0) is 10.0 Å². The first-order chi connectivity index (χ1) is 8.49. The largest absolute Gasteiger partial charge is 0.315 e. The molecular weight excluding hydrogens is 255 g/mol. The third-order valence-corrected chi connectivity index (χ3v) is 4.72. The van der Waals surface area contributed by atoms with Crippen LogP contribution in [0.15, 0.2) is 23.1 Å². The molecule has 18 heavy (non-hydrogen) atoms. The highest BCUT2D eigenvalue weighted by molar-refractivity contribution is 7.89. The lowest BCUT2D eigenvalue weighted by Gasteiger charge is -2.24. The number of rotatable bonds is 3. The van der Waals surface area contributed by atoms with Crippen LogP contribution in [0.1, 0.15) is 18.4 Å². The first-order valence-corrected chi connectivity index (χ1v) is 7.46. The van der Waals surface area contributed by atoms with Crippen LogP contribution in [0, 0.1) is 12.7 Å². The predicted octanol–water partition coefficient (Wildman–Crippen LogP) is 1.16. The second-order valence-corrected chi connectivity index (χ2v) is 6.26. The summed E-state index contributed by atoms with van der Waals surface area (Å²) < 4.78 is 40.1. The number of benzene rings is 1. The van der Waals surface area contributed by atoms with Gasteiger partial charge in [0.25, 0.3) is 0 Å². The number of hydrogen-bond donors (Lipinski definition) is 2. The van der Waals surface area contributed by atoms with Gasteiger partial charge in [-0.3, -0.25) is 0 Å². The van der Waals surface area contributed by atoms with Crippen molar-refractivity contribution in [3.05, 3.63) is 29.6 Å². The number of sulfonamides is 1. The SMILES string of the molecule is Cc1ccc(F)cc1S(=O)(=O)NC1CCCNC1. The Morgan fingerprint density at radius 1 is 1.44 bits per heavy atom. The zero-order valence-corrected chi connectivity index (χ0v) is 11.1. The topological polar surface area (TPSA) is 58.2 Å². The summed E-state index contributed by atoms with van der Waals surface area (Å²) in [5.41, 5.74) is 0.549. The molecule has 100 valence electrons. The van der Waals surface area contributed by atoms with Gasteiger partial charge in [-0.1, -0.05) is 6.07 Å². The summed E-state index contributed by atoms with van der Waals surface area (Å²) in [5.74, 6) is -0.539. The van der Waals surface area contributed by atoms with Gasteiger partial charge in [-0.2, -0.15) is 0 Å². The van der Waals surface area contributed by atoms with E-state index >= 15 is 0 Å². The normalized spacial score (nSPS) is 20.9. The molecule has 0 aliphatic carbocycles. The molecule has 1 unspecified atom stereocenters. The molecule has 2 N–H and O–H groups in total. The van der Waals surface area contributed by atoms with Crippen LogP contribution in [0.5, 0.6) is 0 Å². The molecule has 0 spiro atoms. The highest BCUT2D eigenvalue weighted by Gasteiger charge is 2.23. The summed E-state index contributed by atoms with van der Waals surface area (Å²) >= 11 is 0. The minimum Gasteiger partial charge on any atom is -0.315 e. The first kappa shape index (κ1) is 13.5. The first-order valence-electron chi connectivity index (χ1n) is 5.98. The second-order valence-electron chi connectivity index (χ2n) is 4.57. The van der Waals surface area contributed by atoms with Gasteiger partial charge < -0.3 is 5.32 Å². The molecule has 1 aliphatic heterocycles. The van der Waals surface area contributed by atoms with Gasteiger partial charge >= 0.3 is 0 Å². The summed E-state index contributed by atoms with van der Waals surface area (Å²) in [4.78, 5) is 0.0214. The maximum Gasteiger partial charge on any atom is 0.241 e. The molecule has 1 fully saturated rings. The van der Waals surface area contributed by atoms with E-state index in [0.717, 1.165) is 25.5 Å². The zero-order valence-electron chi connectivity index (χ0n) is 10.2. The molecule has 6 heteroatoms. The number of nitrogens with one attached hydrogen (secondary N) is 2. The fourth-order valence-electron chi connectivity index (χ4n) is 2.10. The Morgan fingerprint density at radius 3 is 2.89 bits per heavy atom. The Kier molecular flexibility index (Phi) is 3.99. The Balaban J connectivity index is 2.21. The van der Waals surface area contributed by atoms with Gasteiger partial charge in [0.05, 0.1) is 4.90 Å². The Morgan fingerprint density at radius 2 is 2.22 bits per heavy atom. The van der Waals surface area contributed by atoms with E-state index in [1.54, 1.807) is 6.92 Å². The van der Waals surface area contributed by atoms with E-state index in [9.17, 15) is 12.8 Å². The van der Waals surface area contributed by atoms with Crippen LogP contribution in [0.4, 0.5) is 4.39 Å². The lowest BCUT2D eigenvalue weighted by molar-refractivity contribution is 0.428. The fraction of sp³-hybridized carbons (Fsp3) is 0.500. The zero-order chi connectivity index (χ0) is 13.2. The van der Waals surface area contributed by atoms with Crippen molar-refractivity contribution >= 4 is 10.0 Å². The minimum absolute atomic E-state index is 0.0214. The predicted molar refractivity (Wildman–Crippen MR) is 67.4 cm³/mol. The Bertz CT molecular complexity index is 525. The van der Waals surface area contributed by atoms with Crippen LogP contribution >= 0.6 is 0 Å². The van der Waals surface area contributed by atoms with Crippen molar-refractivity contribution in [3.63, 3.8) is 0 Å². The maximum atomic E-state index is 13.2. The van der Waals surface area contributed by atoms with Crippen LogP contribution in [-0.4, -0.2) is 27.5 Å². The molecule has 2 rings (SSSR count). The molecule has 1 saturated heterocycles. The maximum absolute atomic E-state index is 13.2. The van der Waals surface area contributed by atoms with Crippen molar-refractivity contribution in [1.29, 1.82) is 0 Å². The van der Waals surface area contributed by atoms with Crippen molar-refractivity contribution < 1.29 is 12.8 Å². The van der Waals surface area contributed by atoms with Gasteiger partial charge in [-0.25, -0.2) is 17.5 Å². The molecule has 0 bridgehead atoms. The van der Waals surface area contributed by atoms with E-state index < -0.39 is 15.8 Å². The molecule has 1 heterocycles. The van der Waals surface area contributed by atoms with Crippen molar-refractivity contribution in [1.82, 2.24) is 10.0 Å². The molecule has 0 radical (unpaired) electrons. The molecule has 4 nitrogen and oxygen atoms in total. The Labute approximate surface area is 107 Å². The van der Waals surface area contributed by atoms with Crippen LogP contribution in [0.3, 0.4) is 0 Å². The van der Waals surface area contributed by atoms with E-state index in [2.05, 4.69) is 10.0 Å².